The van der Waals surface area contributed by atoms with Crippen molar-refractivity contribution in [2.24, 2.45) is 0 Å². The van der Waals surface area contributed by atoms with E-state index in [2.05, 4.69) is 4.98 Å². The van der Waals surface area contributed by atoms with Crippen molar-refractivity contribution in [3.8, 4) is 0 Å². The molecule has 0 atom stereocenters. The van der Waals surface area contributed by atoms with Crippen molar-refractivity contribution < 1.29 is 9.90 Å². The topological polar surface area (TPSA) is 77.9 Å². The molecule has 2 heterocycles. The van der Waals surface area contributed by atoms with Gasteiger partial charge in [0, 0.05) is 0 Å². The number of fused-ring (bicyclic) bond motifs is 1. The first kappa shape index (κ1) is 10.1. The number of carbonyl (C=O) groups is 1. The van der Waals surface area contributed by atoms with Crippen LogP contribution in [0.4, 0.5) is 0 Å². The highest BCUT2D eigenvalue weighted by molar-refractivity contribution is 7.71. The molecule has 0 spiro atoms. The van der Waals surface area contributed by atoms with Crippen LogP contribution in [0.1, 0.15) is 0 Å². The monoisotopic (exact) mass is 241 g/mol. The third-order valence-corrected chi connectivity index (χ3v) is 3.10. The average Bonchev–Trinajstić information content (AvgIpc) is 2.59. The smallest absolute Gasteiger partial charge is 0.272 e. The van der Waals surface area contributed by atoms with Crippen molar-refractivity contribution in [3.05, 3.63) is 26.6 Å². The molecule has 0 fully saturated rings. The van der Waals surface area contributed by atoms with E-state index in [4.69, 9.17) is 12.2 Å². The molecule has 0 saturated heterocycles. The molecule has 0 aliphatic rings. The highest BCUT2D eigenvalue weighted by atomic mass is 32.1. The van der Waals surface area contributed by atoms with E-state index in [1.165, 1.54) is 11.3 Å². The van der Waals surface area contributed by atoms with E-state index in [-0.39, 0.29) is 4.77 Å². The van der Waals surface area contributed by atoms with Gasteiger partial charge in [0.05, 0.1) is 18.0 Å². The van der Waals surface area contributed by atoms with Crippen LogP contribution >= 0.6 is 23.6 Å². The van der Waals surface area contributed by atoms with Gasteiger partial charge in [0.15, 0.2) is 4.77 Å². The molecule has 0 bridgehead atoms. The largest absolute Gasteiger partial charge is 0.548 e. The van der Waals surface area contributed by atoms with Crippen molar-refractivity contribution in [1.82, 2.24) is 9.55 Å². The number of carboxylic acid groups (broad SMARTS) is 1. The number of nitrogens with one attached hydrogen (secondary N) is 1. The minimum atomic E-state index is -1.34. The summed E-state index contributed by atoms with van der Waals surface area (Å²) in [7, 11) is 0. The number of carbonyl (C=O) groups excluding carboxylic acids is 1. The summed E-state index contributed by atoms with van der Waals surface area (Å²) < 4.78 is 1.53. The predicted octanol–water partition coefficient (Wildman–Crippen LogP) is -0.130. The predicted molar refractivity (Wildman–Crippen MR) is 56.3 cm³/mol. The zero-order chi connectivity index (χ0) is 11.0. The van der Waals surface area contributed by atoms with E-state index in [0.29, 0.717) is 10.2 Å². The van der Waals surface area contributed by atoms with Gasteiger partial charge in [-0.2, -0.15) is 0 Å². The van der Waals surface area contributed by atoms with E-state index in [1.807, 2.05) is 0 Å². The highest BCUT2D eigenvalue weighted by Crippen LogP contribution is 2.13. The summed E-state index contributed by atoms with van der Waals surface area (Å²) in [6.07, 6.45) is 0. The first-order chi connectivity index (χ1) is 7.09. The molecule has 0 saturated carbocycles. The summed E-state index contributed by atoms with van der Waals surface area (Å²) in [6, 6.07) is 1.72. The minimum absolute atomic E-state index is 0.0927. The van der Waals surface area contributed by atoms with E-state index < -0.39 is 18.1 Å². The van der Waals surface area contributed by atoms with Gasteiger partial charge in [0.1, 0.15) is 4.70 Å². The van der Waals surface area contributed by atoms with Crippen LogP contribution < -0.4 is 10.7 Å². The van der Waals surface area contributed by atoms with Crippen LogP contribution in [0, 0.1) is 4.77 Å². The first-order valence-corrected chi connectivity index (χ1v) is 5.28. The first-order valence-electron chi connectivity index (χ1n) is 4.00. The second-order valence-corrected chi connectivity index (χ2v) is 4.16. The molecule has 2 rings (SSSR count). The Labute approximate surface area is 92.6 Å². The van der Waals surface area contributed by atoms with Crippen LogP contribution in [0.2, 0.25) is 0 Å². The molecule has 15 heavy (non-hydrogen) atoms. The number of nitrogens with zero attached hydrogens (tertiary/aromatic N) is 1. The maximum atomic E-state index is 11.7. The van der Waals surface area contributed by atoms with Crippen LogP contribution in [0.15, 0.2) is 16.2 Å². The second-order valence-electron chi connectivity index (χ2n) is 2.86. The van der Waals surface area contributed by atoms with Gasteiger partial charge in [0.25, 0.3) is 5.56 Å². The number of rotatable bonds is 2. The molecule has 0 amide bonds. The standard InChI is InChI=1S/C8H6N2O3S2/c11-5(12)3-10-7(13)6-4(1-2-15-6)9-8(10)14/h1-2H,3H2,(H,9,14)(H,11,12)/p-1. The van der Waals surface area contributed by atoms with Crippen LogP contribution in [-0.2, 0) is 11.3 Å². The Morgan fingerprint density at radius 2 is 2.40 bits per heavy atom. The lowest BCUT2D eigenvalue weighted by Crippen LogP contribution is -2.33. The maximum Gasteiger partial charge on any atom is 0.272 e. The molecular weight excluding hydrogens is 236 g/mol. The van der Waals surface area contributed by atoms with E-state index in [1.54, 1.807) is 11.4 Å². The summed E-state index contributed by atoms with van der Waals surface area (Å²) in [5.74, 6) is -1.34. The van der Waals surface area contributed by atoms with Crippen molar-refractivity contribution >= 4 is 39.7 Å². The zero-order valence-electron chi connectivity index (χ0n) is 7.35. The van der Waals surface area contributed by atoms with E-state index >= 15 is 0 Å². The van der Waals surface area contributed by atoms with Gasteiger partial charge < -0.3 is 14.9 Å². The molecule has 0 aliphatic carbocycles. The molecule has 2 aromatic heterocycles. The van der Waals surface area contributed by atoms with Crippen LogP contribution in [0.25, 0.3) is 10.2 Å². The average molecular weight is 241 g/mol. The van der Waals surface area contributed by atoms with Gasteiger partial charge in [-0.25, -0.2) is 0 Å². The third kappa shape index (κ3) is 1.71. The quantitative estimate of drug-likeness (QED) is 0.743. The van der Waals surface area contributed by atoms with Gasteiger partial charge in [-0.15, -0.1) is 11.3 Å². The third-order valence-electron chi connectivity index (χ3n) is 1.88. The second kappa shape index (κ2) is 3.59. The fourth-order valence-corrected chi connectivity index (χ4v) is 2.30. The molecular formula is C8H5N2O3S2-. The fourth-order valence-electron chi connectivity index (χ4n) is 1.24. The SMILES string of the molecule is O=C([O-])Cn1c(=S)[nH]c2ccsc2c1=O. The summed E-state index contributed by atoms with van der Waals surface area (Å²) >= 11 is 6.11. The van der Waals surface area contributed by atoms with Crippen molar-refractivity contribution in [1.29, 1.82) is 0 Å². The number of hydrogen-bond acceptors (Lipinski definition) is 5. The number of aliphatic carboxylic acids is 1. The Morgan fingerprint density at radius 1 is 1.67 bits per heavy atom. The van der Waals surface area contributed by atoms with E-state index in [0.717, 1.165) is 4.57 Å². The van der Waals surface area contributed by atoms with E-state index in [9.17, 15) is 14.7 Å². The molecule has 78 valence electrons. The van der Waals surface area contributed by atoms with Crippen LogP contribution in [0.5, 0.6) is 0 Å². The number of thiophene rings is 1. The number of aromatic nitrogens is 2. The van der Waals surface area contributed by atoms with Crippen LogP contribution in [-0.4, -0.2) is 15.5 Å². The van der Waals surface area contributed by atoms with Crippen molar-refractivity contribution in [3.63, 3.8) is 0 Å². The summed E-state index contributed by atoms with van der Waals surface area (Å²) in [5, 5.41) is 12.2. The lowest BCUT2D eigenvalue weighted by molar-refractivity contribution is -0.306. The molecule has 0 aromatic carbocycles. The van der Waals surface area contributed by atoms with Gasteiger partial charge >= 0.3 is 0 Å². The Morgan fingerprint density at radius 3 is 3.07 bits per heavy atom. The Hall–Kier alpha value is -1.47. The summed E-state index contributed by atoms with van der Waals surface area (Å²) in [5.41, 5.74) is 0.234. The minimum Gasteiger partial charge on any atom is -0.548 e. The molecule has 1 N–H and O–H groups in total. The highest BCUT2D eigenvalue weighted by Gasteiger charge is 2.06. The Kier molecular flexibility index (Phi) is 2.41. The molecule has 7 heteroatoms. The molecule has 0 aliphatic heterocycles. The Balaban J connectivity index is 2.78. The van der Waals surface area contributed by atoms with Gasteiger partial charge in [-0.3, -0.25) is 9.36 Å². The van der Waals surface area contributed by atoms with Crippen LogP contribution in [0.3, 0.4) is 0 Å². The Bertz CT molecular complexity index is 637. The number of H-pyrrole nitrogens is 1. The number of carboxylic acids is 1. The number of hydrogen-bond donors (Lipinski definition) is 1. The van der Waals surface area contributed by atoms with Gasteiger partial charge in [0.2, 0.25) is 0 Å². The maximum absolute atomic E-state index is 11.7. The van der Waals surface area contributed by atoms with Gasteiger partial charge in [-0.05, 0) is 23.7 Å². The van der Waals surface area contributed by atoms with Crippen molar-refractivity contribution in [2.45, 2.75) is 6.54 Å². The molecule has 0 unspecified atom stereocenters. The molecule has 5 nitrogen and oxygen atoms in total. The lowest BCUT2D eigenvalue weighted by atomic mass is 10.4. The summed E-state index contributed by atoms with van der Waals surface area (Å²) in [6.45, 7) is -0.526. The van der Waals surface area contributed by atoms with Gasteiger partial charge in [-0.1, -0.05) is 0 Å². The fraction of sp³-hybridized carbons (Fsp3) is 0.125. The molecule has 2 aromatic rings. The normalized spacial score (nSPS) is 10.7. The summed E-state index contributed by atoms with van der Waals surface area (Å²) in [4.78, 5) is 24.9. The lowest BCUT2D eigenvalue weighted by Gasteiger charge is -2.06. The van der Waals surface area contributed by atoms with Crippen molar-refractivity contribution in [2.75, 3.05) is 0 Å². The number of aromatic amines is 1. The molecule has 0 radical (unpaired) electrons. The zero-order valence-corrected chi connectivity index (χ0v) is 8.98.